The minimum atomic E-state index is -1.35. The molecule has 1 aliphatic heterocycles. The van der Waals surface area contributed by atoms with Gasteiger partial charge in [0.25, 0.3) is 0 Å². The molecule has 6 nitrogen and oxygen atoms in total. The second-order valence-corrected chi connectivity index (χ2v) is 3.82. The Morgan fingerprint density at radius 3 is 2.31 bits per heavy atom. The van der Waals surface area contributed by atoms with Crippen LogP contribution in [-0.4, -0.2) is 40.6 Å². The van der Waals surface area contributed by atoms with Gasteiger partial charge in [0.15, 0.2) is 23.6 Å². The topological polar surface area (TPSA) is 93.2 Å². The number of hydrogen-bond acceptors (Lipinski definition) is 5. The van der Waals surface area contributed by atoms with Crippen molar-refractivity contribution in [2.24, 2.45) is 0 Å². The summed E-state index contributed by atoms with van der Waals surface area (Å²) in [4.78, 5) is 33.1. The predicted molar refractivity (Wildman–Crippen MR) is 51.7 cm³/mol. The first-order valence-corrected chi connectivity index (χ1v) is 4.57. The molecule has 0 radical (unpaired) electrons. The molecule has 0 aromatic rings. The number of epoxide rings is 1. The Morgan fingerprint density at radius 2 is 1.94 bits per heavy atom. The summed E-state index contributed by atoms with van der Waals surface area (Å²) in [5, 5.41) is 8.51. The van der Waals surface area contributed by atoms with Gasteiger partial charge < -0.3 is 14.6 Å². The van der Waals surface area contributed by atoms with Gasteiger partial charge >= 0.3 is 11.9 Å². The number of carboxylic acids is 1. The summed E-state index contributed by atoms with van der Waals surface area (Å²) in [5.41, 5.74) is -1.35. The van der Waals surface area contributed by atoms with Crippen LogP contribution in [0.2, 0.25) is 0 Å². The molecule has 2 unspecified atom stereocenters. The second-order valence-electron chi connectivity index (χ2n) is 3.82. The first kappa shape index (κ1) is 12.4. The minimum Gasteiger partial charge on any atom is -0.479 e. The standard InChI is InChI=1S/C10H12O6/c1-4-5(11)10(2,3)16-9(14)7-6(15-7)8(12)13/h4,6-7H,1H2,2-3H3,(H,12,13). The summed E-state index contributed by atoms with van der Waals surface area (Å²) in [6.45, 7) is 6.06. The van der Waals surface area contributed by atoms with Crippen molar-refractivity contribution < 1.29 is 29.0 Å². The van der Waals surface area contributed by atoms with E-state index in [1.54, 1.807) is 0 Å². The lowest BCUT2D eigenvalue weighted by atomic mass is 10.0. The molecule has 0 aromatic carbocycles. The Morgan fingerprint density at radius 1 is 1.38 bits per heavy atom. The fourth-order valence-corrected chi connectivity index (χ4v) is 1.09. The van der Waals surface area contributed by atoms with Gasteiger partial charge in [0, 0.05) is 0 Å². The van der Waals surface area contributed by atoms with Gasteiger partial charge in [-0.05, 0) is 19.9 Å². The highest BCUT2D eigenvalue weighted by Gasteiger charge is 2.53. The third kappa shape index (κ3) is 2.46. The zero-order chi connectivity index (χ0) is 12.5. The van der Waals surface area contributed by atoms with Crippen molar-refractivity contribution in [3.8, 4) is 0 Å². The lowest BCUT2D eigenvalue weighted by molar-refractivity contribution is -0.163. The molecule has 1 rings (SSSR count). The summed E-state index contributed by atoms with van der Waals surface area (Å²) in [6.07, 6.45) is -1.24. The minimum absolute atomic E-state index is 0.464. The molecule has 1 N–H and O–H groups in total. The van der Waals surface area contributed by atoms with Crippen molar-refractivity contribution >= 4 is 17.7 Å². The van der Waals surface area contributed by atoms with Gasteiger partial charge in [-0.15, -0.1) is 0 Å². The Balaban J connectivity index is 2.56. The van der Waals surface area contributed by atoms with Crippen LogP contribution < -0.4 is 0 Å². The molecule has 0 saturated carbocycles. The van der Waals surface area contributed by atoms with Crippen LogP contribution in [0, 0.1) is 0 Å². The first-order valence-electron chi connectivity index (χ1n) is 4.57. The van der Waals surface area contributed by atoms with E-state index in [4.69, 9.17) is 9.84 Å². The van der Waals surface area contributed by atoms with E-state index in [-0.39, 0.29) is 0 Å². The van der Waals surface area contributed by atoms with Gasteiger partial charge in [-0.25, -0.2) is 9.59 Å². The van der Waals surface area contributed by atoms with E-state index in [9.17, 15) is 14.4 Å². The van der Waals surface area contributed by atoms with Gasteiger partial charge in [0.05, 0.1) is 0 Å². The molecular formula is C10H12O6. The smallest absolute Gasteiger partial charge is 0.339 e. The summed E-state index contributed by atoms with van der Waals surface area (Å²) >= 11 is 0. The van der Waals surface area contributed by atoms with Crippen molar-refractivity contribution in [3.63, 3.8) is 0 Å². The molecule has 0 bridgehead atoms. The predicted octanol–water partition coefficient (Wildman–Crippen LogP) is -0.0847. The van der Waals surface area contributed by atoms with Crippen LogP contribution in [0.15, 0.2) is 12.7 Å². The highest BCUT2D eigenvalue weighted by molar-refractivity contribution is 5.98. The molecule has 0 spiro atoms. The van der Waals surface area contributed by atoms with Crippen LogP contribution in [0.25, 0.3) is 0 Å². The molecule has 2 atom stereocenters. The lowest BCUT2D eigenvalue weighted by Gasteiger charge is -2.21. The van der Waals surface area contributed by atoms with E-state index >= 15 is 0 Å². The Bertz CT molecular complexity index is 356. The molecule has 1 saturated heterocycles. The molecule has 0 aromatic heterocycles. The van der Waals surface area contributed by atoms with Gasteiger partial charge in [-0.1, -0.05) is 6.58 Å². The second kappa shape index (κ2) is 4.05. The van der Waals surface area contributed by atoms with E-state index in [0.29, 0.717) is 0 Å². The fraction of sp³-hybridized carbons (Fsp3) is 0.500. The molecule has 1 heterocycles. The average molecular weight is 228 g/mol. The Labute approximate surface area is 91.8 Å². The third-order valence-electron chi connectivity index (χ3n) is 2.10. The van der Waals surface area contributed by atoms with Gasteiger partial charge in [-0.2, -0.15) is 0 Å². The molecule has 1 fully saturated rings. The number of aliphatic carboxylic acids is 1. The van der Waals surface area contributed by atoms with Crippen molar-refractivity contribution in [3.05, 3.63) is 12.7 Å². The highest BCUT2D eigenvalue weighted by atomic mass is 16.7. The van der Waals surface area contributed by atoms with Crippen LogP contribution in [0.5, 0.6) is 0 Å². The van der Waals surface area contributed by atoms with Crippen molar-refractivity contribution in [2.75, 3.05) is 0 Å². The molecular weight excluding hydrogens is 216 g/mol. The normalized spacial score (nSPS) is 23.4. The first-order chi connectivity index (χ1) is 7.29. The van der Waals surface area contributed by atoms with Crippen LogP contribution in [0.1, 0.15) is 13.8 Å². The molecule has 0 aliphatic carbocycles. The van der Waals surface area contributed by atoms with E-state index in [0.717, 1.165) is 6.08 Å². The molecule has 88 valence electrons. The molecule has 6 heteroatoms. The van der Waals surface area contributed by atoms with E-state index in [1.165, 1.54) is 13.8 Å². The van der Waals surface area contributed by atoms with E-state index in [2.05, 4.69) is 11.3 Å². The van der Waals surface area contributed by atoms with Crippen LogP contribution in [-0.2, 0) is 23.9 Å². The number of esters is 1. The third-order valence-corrected chi connectivity index (χ3v) is 2.10. The maximum Gasteiger partial charge on any atom is 0.339 e. The van der Waals surface area contributed by atoms with Gasteiger partial charge in [-0.3, -0.25) is 4.79 Å². The monoisotopic (exact) mass is 228 g/mol. The SMILES string of the molecule is C=CC(=O)C(C)(C)OC(=O)C1OC1C(=O)O. The number of ether oxygens (including phenoxy) is 2. The van der Waals surface area contributed by atoms with Crippen molar-refractivity contribution in [2.45, 2.75) is 31.7 Å². The largest absolute Gasteiger partial charge is 0.479 e. The van der Waals surface area contributed by atoms with E-state index < -0.39 is 35.5 Å². The van der Waals surface area contributed by atoms with Crippen LogP contribution in [0.4, 0.5) is 0 Å². The van der Waals surface area contributed by atoms with Crippen LogP contribution in [0.3, 0.4) is 0 Å². The maximum absolute atomic E-state index is 11.4. The fourth-order valence-electron chi connectivity index (χ4n) is 1.09. The van der Waals surface area contributed by atoms with Crippen molar-refractivity contribution in [1.29, 1.82) is 0 Å². The number of carboxylic acid groups (broad SMARTS) is 1. The van der Waals surface area contributed by atoms with Crippen LogP contribution >= 0.6 is 0 Å². The number of carbonyl (C=O) groups excluding carboxylic acids is 2. The molecule has 16 heavy (non-hydrogen) atoms. The molecule has 0 amide bonds. The summed E-state index contributed by atoms with van der Waals surface area (Å²) in [6, 6.07) is 0. The molecule has 1 aliphatic rings. The summed E-state index contributed by atoms with van der Waals surface area (Å²) < 4.78 is 9.44. The number of ketones is 1. The quantitative estimate of drug-likeness (QED) is 0.401. The zero-order valence-electron chi connectivity index (χ0n) is 8.93. The van der Waals surface area contributed by atoms with Gasteiger partial charge in [0.2, 0.25) is 0 Å². The van der Waals surface area contributed by atoms with E-state index in [1.807, 2.05) is 0 Å². The average Bonchev–Trinajstić information content (AvgIpc) is 2.94. The van der Waals surface area contributed by atoms with Gasteiger partial charge in [0.1, 0.15) is 0 Å². The highest BCUT2D eigenvalue weighted by Crippen LogP contribution is 2.26. The zero-order valence-corrected chi connectivity index (χ0v) is 8.93. The summed E-state index contributed by atoms with van der Waals surface area (Å²) in [5.74, 6) is -2.55. The number of hydrogen-bond donors (Lipinski definition) is 1. The Hall–Kier alpha value is -1.69. The number of rotatable bonds is 5. The lowest BCUT2D eigenvalue weighted by Crippen LogP contribution is -2.38. The summed E-state index contributed by atoms with van der Waals surface area (Å²) in [7, 11) is 0. The number of carbonyl (C=O) groups is 3. The maximum atomic E-state index is 11.4. The van der Waals surface area contributed by atoms with Crippen molar-refractivity contribution in [1.82, 2.24) is 0 Å². The Kier molecular flexibility index (Phi) is 3.14.